The normalized spacial score (nSPS) is 38.9. The molecule has 30 heavy (non-hydrogen) atoms. The third-order valence-electron chi connectivity index (χ3n) is 6.28. The fourth-order valence-corrected chi connectivity index (χ4v) is 4.37. The molecule has 7 heteroatoms. The second-order valence-corrected chi connectivity index (χ2v) is 8.44. The van der Waals surface area contributed by atoms with Crippen LogP contribution in [0.5, 0.6) is 5.75 Å². The van der Waals surface area contributed by atoms with E-state index in [9.17, 15) is 15.0 Å². The van der Waals surface area contributed by atoms with Crippen molar-refractivity contribution < 1.29 is 28.8 Å². The van der Waals surface area contributed by atoms with Crippen LogP contribution in [0.25, 0.3) is 6.08 Å². The lowest BCUT2D eigenvalue weighted by atomic mass is 9.73. The highest BCUT2D eigenvalue weighted by Gasteiger charge is 2.70. The van der Waals surface area contributed by atoms with E-state index < -0.39 is 34.6 Å². The van der Waals surface area contributed by atoms with Crippen molar-refractivity contribution in [2.24, 2.45) is 0 Å². The van der Waals surface area contributed by atoms with E-state index in [1.165, 1.54) is 13.2 Å². The lowest BCUT2D eigenvalue weighted by Crippen LogP contribution is -2.69. The number of hydrogen-bond acceptors (Lipinski definition) is 7. The van der Waals surface area contributed by atoms with Gasteiger partial charge in [0.2, 0.25) is 0 Å². The van der Waals surface area contributed by atoms with Crippen LogP contribution in [0.15, 0.2) is 45.7 Å². The van der Waals surface area contributed by atoms with Crippen LogP contribution in [0.3, 0.4) is 0 Å². The van der Waals surface area contributed by atoms with Gasteiger partial charge in [-0.15, -0.1) is 0 Å². The topological polar surface area (TPSA) is 98.4 Å². The number of ether oxygens (including phenoxy) is 3. The summed E-state index contributed by atoms with van der Waals surface area (Å²) in [5.74, 6) is 0.893. The summed E-state index contributed by atoms with van der Waals surface area (Å²) in [6.07, 6.45) is 8.11. The van der Waals surface area contributed by atoms with Gasteiger partial charge in [0.15, 0.2) is 0 Å². The van der Waals surface area contributed by atoms with Crippen molar-refractivity contribution in [3.8, 4) is 5.75 Å². The minimum absolute atomic E-state index is 0.360. The molecule has 0 radical (unpaired) electrons. The number of methoxy groups -OCH3 is 1. The average Bonchev–Trinajstić information content (AvgIpc) is 2.82. The van der Waals surface area contributed by atoms with E-state index in [0.717, 1.165) is 5.56 Å². The van der Waals surface area contributed by atoms with Gasteiger partial charge in [-0.05, 0) is 40.7 Å². The molecule has 164 valence electrons. The van der Waals surface area contributed by atoms with Crippen LogP contribution in [-0.4, -0.2) is 52.4 Å². The molecule has 3 heterocycles. The van der Waals surface area contributed by atoms with Gasteiger partial charge in [0.25, 0.3) is 0 Å². The monoisotopic (exact) mass is 418 g/mol. The highest BCUT2D eigenvalue weighted by Crippen LogP contribution is 2.52. The Kier molecular flexibility index (Phi) is 5.86. The van der Waals surface area contributed by atoms with Gasteiger partial charge < -0.3 is 28.8 Å². The standard InChI is InChI=1S/C23H30O7/c1-14-16(28-18(24)13-17(14)27-6)11-9-7-8-10-12-21(3)19(25)23(5)20(26)22(4,30-21)15(2)29-23/h7-13,15,19-20,25-26H,1-6H3/t15-,19-,20-,21+,22+,23+/m1/s1. The van der Waals surface area contributed by atoms with Gasteiger partial charge in [0.1, 0.15) is 40.5 Å². The van der Waals surface area contributed by atoms with Crippen LogP contribution in [0.2, 0.25) is 0 Å². The smallest absolute Gasteiger partial charge is 0.339 e. The zero-order valence-electron chi connectivity index (χ0n) is 18.2. The van der Waals surface area contributed by atoms with Gasteiger partial charge in [-0.3, -0.25) is 0 Å². The maximum Gasteiger partial charge on any atom is 0.339 e. The molecule has 1 aromatic heterocycles. The molecule has 2 fully saturated rings. The van der Waals surface area contributed by atoms with E-state index in [1.807, 2.05) is 6.92 Å². The molecule has 0 saturated carbocycles. The molecule has 3 rings (SSSR count). The molecule has 2 aliphatic rings. The van der Waals surface area contributed by atoms with Crippen LogP contribution in [-0.2, 0) is 9.47 Å². The molecule has 2 bridgehead atoms. The van der Waals surface area contributed by atoms with Crippen LogP contribution < -0.4 is 10.4 Å². The summed E-state index contributed by atoms with van der Waals surface area (Å²) in [7, 11) is 1.50. The zero-order valence-corrected chi connectivity index (χ0v) is 18.2. The molecule has 1 aromatic rings. The number of hydrogen-bond donors (Lipinski definition) is 2. The van der Waals surface area contributed by atoms with Gasteiger partial charge in [-0.1, -0.05) is 30.4 Å². The number of fused-ring (bicyclic) bond motifs is 2. The summed E-state index contributed by atoms with van der Waals surface area (Å²) < 4.78 is 22.4. The first-order chi connectivity index (χ1) is 14.0. The predicted molar refractivity (Wildman–Crippen MR) is 112 cm³/mol. The third kappa shape index (κ3) is 3.56. The van der Waals surface area contributed by atoms with Crippen molar-refractivity contribution in [3.63, 3.8) is 0 Å². The molecule has 2 aliphatic heterocycles. The highest BCUT2D eigenvalue weighted by molar-refractivity contribution is 5.52. The van der Waals surface area contributed by atoms with Gasteiger partial charge >= 0.3 is 5.63 Å². The number of aliphatic hydroxyl groups is 2. The van der Waals surface area contributed by atoms with Gasteiger partial charge in [0, 0.05) is 5.56 Å². The summed E-state index contributed by atoms with van der Waals surface area (Å²) in [6, 6.07) is 1.30. The Bertz CT molecular complexity index is 945. The summed E-state index contributed by atoms with van der Waals surface area (Å²) in [6.45, 7) is 8.92. The summed E-state index contributed by atoms with van der Waals surface area (Å²) in [5.41, 5.74) is -2.81. The largest absolute Gasteiger partial charge is 0.496 e. The molecule has 0 aliphatic carbocycles. The summed E-state index contributed by atoms with van der Waals surface area (Å²) >= 11 is 0. The lowest BCUT2D eigenvalue weighted by molar-refractivity contribution is -0.261. The quantitative estimate of drug-likeness (QED) is 0.709. The van der Waals surface area contributed by atoms with Crippen molar-refractivity contribution in [2.45, 2.75) is 69.7 Å². The fraction of sp³-hybridized carbons (Fsp3) is 0.522. The molecule has 7 nitrogen and oxygen atoms in total. The number of allylic oxidation sites excluding steroid dienone is 4. The van der Waals surface area contributed by atoms with E-state index in [1.54, 1.807) is 64.2 Å². The van der Waals surface area contributed by atoms with Crippen LogP contribution in [0.4, 0.5) is 0 Å². The first kappa shape index (κ1) is 22.5. The Morgan fingerprint density at radius 3 is 2.40 bits per heavy atom. The van der Waals surface area contributed by atoms with Crippen LogP contribution >= 0.6 is 0 Å². The summed E-state index contributed by atoms with van der Waals surface area (Å²) in [5, 5.41) is 21.5. The van der Waals surface area contributed by atoms with Crippen molar-refractivity contribution >= 4 is 6.08 Å². The fourth-order valence-electron chi connectivity index (χ4n) is 4.37. The molecule has 2 saturated heterocycles. The number of rotatable bonds is 5. The molecular formula is C23H30O7. The Hall–Kier alpha value is -2.19. The SMILES string of the molecule is COc1cc(=O)oc(C=CC=CC=C[C@]2(C)O[C@]3(C)[C@@H](O)[C@@](C)(O[C@@H]3C)[C@@H]2O)c1C. The lowest BCUT2D eigenvalue weighted by Gasteiger charge is -2.51. The highest BCUT2D eigenvalue weighted by atomic mass is 16.6. The van der Waals surface area contributed by atoms with E-state index in [0.29, 0.717) is 11.5 Å². The van der Waals surface area contributed by atoms with Gasteiger partial charge in [0.05, 0.1) is 19.3 Å². The molecule has 2 N–H and O–H groups in total. The second-order valence-electron chi connectivity index (χ2n) is 8.44. The number of aliphatic hydroxyl groups excluding tert-OH is 2. The summed E-state index contributed by atoms with van der Waals surface area (Å²) in [4.78, 5) is 11.6. The molecular weight excluding hydrogens is 388 g/mol. The molecule has 0 aromatic carbocycles. The molecule has 6 atom stereocenters. The minimum atomic E-state index is -1.11. The molecule has 0 unspecified atom stereocenters. The first-order valence-corrected chi connectivity index (χ1v) is 9.93. The third-order valence-corrected chi connectivity index (χ3v) is 6.28. The van der Waals surface area contributed by atoms with E-state index in [4.69, 9.17) is 18.6 Å². The Balaban J connectivity index is 1.74. The van der Waals surface area contributed by atoms with Crippen LogP contribution in [0.1, 0.15) is 39.0 Å². The average molecular weight is 418 g/mol. The van der Waals surface area contributed by atoms with Gasteiger partial charge in [-0.25, -0.2) is 4.79 Å². The van der Waals surface area contributed by atoms with E-state index >= 15 is 0 Å². The second kappa shape index (κ2) is 7.81. The Morgan fingerprint density at radius 1 is 1.07 bits per heavy atom. The maximum absolute atomic E-state index is 11.6. The first-order valence-electron chi connectivity index (χ1n) is 9.93. The minimum Gasteiger partial charge on any atom is -0.496 e. The Labute approximate surface area is 176 Å². The zero-order chi connectivity index (χ0) is 22.3. The van der Waals surface area contributed by atoms with Crippen molar-refractivity contribution in [1.29, 1.82) is 0 Å². The van der Waals surface area contributed by atoms with E-state index in [-0.39, 0.29) is 6.10 Å². The van der Waals surface area contributed by atoms with Gasteiger partial charge in [-0.2, -0.15) is 0 Å². The van der Waals surface area contributed by atoms with Crippen molar-refractivity contribution in [2.75, 3.05) is 7.11 Å². The van der Waals surface area contributed by atoms with E-state index in [2.05, 4.69) is 0 Å². The molecule has 0 amide bonds. The van der Waals surface area contributed by atoms with Crippen molar-refractivity contribution in [3.05, 3.63) is 58.2 Å². The van der Waals surface area contributed by atoms with Crippen LogP contribution in [0, 0.1) is 6.92 Å². The Morgan fingerprint density at radius 2 is 1.73 bits per heavy atom. The van der Waals surface area contributed by atoms with Crippen molar-refractivity contribution in [1.82, 2.24) is 0 Å². The predicted octanol–water partition coefficient (Wildman–Crippen LogP) is 2.53. The molecule has 0 spiro atoms. The maximum atomic E-state index is 11.6.